The zero-order valence-electron chi connectivity index (χ0n) is 11.1. The van der Waals surface area contributed by atoms with E-state index < -0.39 is 0 Å². The number of hydrogen-bond donors (Lipinski definition) is 1. The van der Waals surface area contributed by atoms with Crippen molar-refractivity contribution in [3.8, 4) is 0 Å². The van der Waals surface area contributed by atoms with Crippen molar-refractivity contribution in [1.29, 1.82) is 0 Å². The molecule has 2 aliphatic heterocycles. The van der Waals surface area contributed by atoms with Gasteiger partial charge in [-0.1, -0.05) is 11.6 Å². The van der Waals surface area contributed by atoms with Gasteiger partial charge in [-0.15, -0.1) is 0 Å². The number of nitrogens with one attached hydrogen (secondary N) is 1. The highest BCUT2D eigenvalue weighted by Gasteiger charge is 2.38. The van der Waals surface area contributed by atoms with Gasteiger partial charge in [-0.25, -0.2) is 0 Å². The molecule has 2 saturated heterocycles. The third-order valence-electron chi connectivity index (χ3n) is 4.37. The van der Waals surface area contributed by atoms with E-state index in [4.69, 9.17) is 11.6 Å². The van der Waals surface area contributed by atoms with E-state index in [2.05, 4.69) is 22.4 Å². The SMILES string of the molecule is CN1C2CCC1CC(NC(=O)Cn1cc(Cl)cn1)C2. The first-order chi connectivity index (χ1) is 9.11. The summed E-state index contributed by atoms with van der Waals surface area (Å²) in [6.07, 6.45) is 7.88. The predicted octanol–water partition coefficient (Wildman–Crippen LogP) is 1.28. The Morgan fingerprint density at radius 3 is 2.74 bits per heavy atom. The Bertz CT molecular complexity index is 461. The fraction of sp³-hybridized carbons (Fsp3) is 0.692. The molecule has 2 fully saturated rings. The molecular weight excluding hydrogens is 264 g/mol. The van der Waals surface area contributed by atoms with Crippen molar-refractivity contribution in [3.63, 3.8) is 0 Å². The van der Waals surface area contributed by atoms with Crippen molar-refractivity contribution < 1.29 is 4.79 Å². The second-order valence-corrected chi connectivity index (χ2v) is 6.08. The fourth-order valence-electron chi connectivity index (χ4n) is 3.37. The van der Waals surface area contributed by atoms with E-state index >= 15 is 0 Å². The molecule has 1 N–H and O–H groups in total. The van der Waals surface area contributed by atoms with Crippen LogP contribution in [0.15, 0.2) is 12.4 Å². The molecule has 0 aromatic carbocycles. The number of piperidine rings is 1. The van der Waals surface area contributed by atoms with Crippen LogP contribution in [-0.2, 0) is 11.3 Å². The van der Waals surface area contributed by atoms with Gasteiger partial charge in [-0.2, -0.15) is 5.10 Å². The molecule has 2 bridgehead atoms. The lowest BCUT2D eigenvalue weighted by Crippen LogP contribution is -2.49. The van der Waals surface area contributed by atoms with Crippen molar-refractivity contribution >= 4 is 17.5 Å². The molecule has 0 aliphatic carbocycles. The summed E-state index contributed by atoms with van der Waals surface area (Å²) in [7, 11) is 2.20. The minimum Gasteiger partial charge on any atom is -0.352 e. The molecule has 19 heavy (non-hydrogen) atoms. The molecule has 2 atom stereocenters. The van der Waals surface area contributed by atoms with Gasteiger partial charge in [0.1, 0.15) is 6.54 Å². The monoisotopic (exact) mass is 282 g/mol. The molecule has 1 aromatic heterocycles. The van der Waals surface area contributed by atoms with Gasteiger partial charge in [-0.3, -0.25) is 9.48 Å². The lowest BCUT2D eigenvalue weighted by Gasteiger charge is -2.36. The Kier molecular flexibility index (Phi) is 3.50. The maximum Gasteiger partial charge on any atom is 0.241 e. The van der Waals surface area contributed by atoms with Crippen LogP contribution in [0.4, 0.5) is 0 Å². The van der Waals surface area contributed by atoms with Crippen LogP contribution in [0.2, 0.25) is 5.02 Å². The molecule has 5 nitrogen and oxygen atoms in total. The Morgan fingerprint density at radius 2 is 2.16 bits per heavy atom. The van der Waals surface area contributed by atoms with Crippen LogP contribution in [0.3, 0.4) is 0 Å². The van der Waals surface area contributed by atoms with E-state index in [0.717, 1.165) is 12.8 Å². The van der Waals surface area contributed by atoms with Crippen molar-refractivity contribution in [1.82, 2.24) is 20.0 Å². The van der Waals surface area contributed by atoms with E-state index in [1.165, 1.54) is 12.8 Å². The predicted molar refractivity (Wildman–Crippen MR) is 73.0 cm³/mol. The summed E-state index contributed by atoms with van der Waals surface area (Å²) < 4.78 is 1.57. The Balaban J connectivity index is 1.53. The van der Waals surface area contributed by atoms with E-state index in [0.29, 0.717) is 23.1 Å². The summed E-state index contributed by atoms with van der Waals surface area (Å²) in [4.78, 5) is 14.4. The third kappa shape index (κ3) is 2.77. The quantitative estimate of drug-likeness (QED) is 0.909. The van der Waals surface area contributed by atoms with Gasteiger partial charge in [0.2, 0.25) is 5.91 Å². The molecule has 2 unspecified atom stereocenters. The molecule has 1 aromatic rings. The van der Waals surface area contributed by atoms with Crippen LogP contribution >= 0.6 is 11.6 Å². The first-order valence-electron chi connectivity index (χ1n) is 6.81. The first kappa shape index (κ1) is 12.9. The highest BCUT2D eigenvalue weighted by molar-refractivity contribution is 6.30. The maximum atomic E-state index is 12.0. The number of fused-ring (bicyclic) bond motifs is 2. The maximum absolute atomic E-state index is 12.0. The smallest absolute Gasteiger partial charge is 0.241 e. The zero-order valence-corrected chi connectivity index (χ0v) is 11.8. The van der Waals surface area contributed by atoms with Crippen LogP contribution < -0.4 is 5.32 Å². The van der Waals surface area contributed by atoms with Gasteiger partial charge in [-0.05, 0) is 32.7 Å². The number of halogens is 1. The molecule has 1 amide bonds. The second kappa shape index (κ2) is 5.13. The Hall–Kier alpha value is -1.07. The van der Waals surface area contributed by atoms with Gasteiger partial charge in [0.25, 0.3) is 0 Å². The van der Waals surface area contributed by atoms with Crippen molar-refractivity contribution in [3.05, 3.63) is 17.4 Å². The van der Waals surface area contributed by atoms with Crippen LogP contribution in [0.25, 0.3) is 0 Å². The van der Waals surface area contributed by atoms with Crippen LogP contribution in [0, 0.1) is 0 Å². The average molecular weight is 283 g/mol. The van der Waals surface area contributed by atoms with E-state index in [1.54, 1.807) is 17.1 Å². The molecule has 2 aliphatic rings. The third-order valence-corrected chi connectivity index (χ3v) is 4.57. The number of nitrogens with zero attached hydrogens (tertiary/aromatic N) is 3. The minimum atomic E-state index is 0.0220. The standard InChI is InChI=1S/C13H19ClN4O/c1-17-11-2-3-12(17)5-10(4-11)16-13(19)8-18-7-9(14)6-15-18/h6-7,10-12H,2-5,8H2,1H3,(H,16,19). The lowest BCUT2D eigenvalue weighted by atomic mass is 9.98. The number of aromatic nitrogens is 2. The normalized spacial score (nSPS) is 30.5. The number of amides is 1. The minimum absolute atomic E-state index is 0.0220. The molecule has 0 spiro atoms. The molecule has 3 heterocycles. The molecular formula is C13H19ClN4O. The van der Waals surface area contributed by atoms with Crippen LogP contribution in [-0.4, -0.2) is 45.8 Å². The van der Waals surface area contributed by atoms with Crippen molar-refractivity contribution in [2.45, 2.75) is 50.4 Å². The van der Waals surface area contributed by atoms with E-state index in [9.17, 15) is 4.79 Å². The van der Waals surface area contributed by atoms with Gasteiger partial charge in [0, 0.05) is 24.3 Å². The summed E-state index contributed by atoms with van der Waals surface area (Å²) in [5.74, 6) is 0.0220. The largest absolute Gasteiger partial charge is 0.352 e. The molecule has 6 heteroatoms. The number of carbonyl (C=O) groups is 1. The topological polar surface area (TPSA) is 50.2 Å². The van der Waals surface area contributed by atoms with Crippen molar-refractivity contribution in [2.24, 2.45) is 0 Å². The van der Waals surface area contributed by atoms with Gasteiger partial charge >= 0.3 is 0 Å². The lowest BCUT2D eigenvalue weighted by molar-refractivity contribution is -0.123. The van der Waals surface area contributed by atoms with Gasteiger partial charge < -0.3 is 10.2 Å². The second-order valence-electron chi connectivity index (χ2n) is 5.64. The Labute approximate surface area is 117 Å². The highest BCUT2D eigenvalue weighted by Crippen LogP contribution is 2.34. The Morgan fingerprint density at radius 1 is 1.47 bits per heavy atom. The van der Waals surface area contributed by atoms with Gasteiger partial charge in [0.15, 0.2) is 0 Å². The van der Waals surface area contributed by atoms with Crippen LogP contribution in [0.1, 0.15) is 25.7 Å². The van der Waals surface area contributed by atoms with E-state index in [1.807, 2.05) is 0 Å². The summed E-state index contributed by atoms with van der Waals surface area (Å²) >= 11 is 5.78. The first-order valence-corrected chi connectivity index (χ1v) is 7.19. The number of hydrogen-bond acceptors (Lipinski definition) is 3. The molecule has 0 radical (unpaired) electrons. The summed E-state index contributed by atoms with van der Waals surface area (Å²) in [6, 6.07) is 1.60. The molecule has 3 rings (SSSR count). The van der Waals surface area contributed by atoms with Gasteiger partial charge in [0.05, 0.1) is 11.2 Å². The highest BCUT2D eigenvalue weighted by atomic mass is 35.5. The summed E-state index contributed by atoms with van der Waals surface area (Å²) in [6.45, 7) is 0.244. The molecule has 0 saturated carbocycles. The van der Waals surface area contributed by atoms with Crippen molar-refractivity contribution in [2.75, 3.05) is 7.05 Å². The summed E-state index contributed by atoms with van der Waals surface area (Å²) in [5, 5.41) is 7.71. The number of rotatable bonds is 3. The molecule has 104 valence electrons. The van der Waals surface area contributed by atoms with Crippen LogP contribution in [0.5, 0.6) is 0 Å². The summed E-state index contributed by atoms with van der Waals surface area (Å²) in [5.41, 5.74) is 0. The van der Waals surface area contributed by atoms with E-state index in [-0.39, 0.29) is 12.5 Å². The fourth-order valence-corrected chi connectivity index (χ4v) is 3.53. The average Bonchev–Trinajstić information content (AvgIpc) is 2.82. The zero-order chi connectivity index (χ0) is 13.4. The number of carbonyl (C=O) groups excluding carboxylic acids is 1.